The Morgan fingerprint density at radius 3 is 2.58 bits per heavy atom. The first-order valence-electron chi connectivity index (χ1n) is 7.44. The Morgan fingerprint density at radius 2 is 1.83 bits per heavy atom. The summed E-state index contributed by atoms with van der Waals surface area (Å²) in [6.45, 7) is 2.01. The van der Waals surface area contributed by atoms with Gasteiger partial charge in [0.15, 0.2) is 5.69 Å². The predicted molar refractivity (Wildman–Crippen MR) is 92.1 cm³/mol. The summed E-state index contributed by atoms with van der Waals surface area (Å²) in [6.07, 6.45) is 0. The van der Waals surface area contributed by atoms with Gasteiger partial charge in [-0.15, -0.1) is 11.3 Å². The molecule has 0 saturated heterocycles. The molecule has 0 saturated carbocycles. The Balaban J connectivity index is 1.81. The lowest BCUT2D eigenvalue weighted by Gasteiger charge is -1.94. The molecule has 1 N–H and O–H groups in total. The number of hydrogen-bond donors (Lipinski definition) is 1. The van der Waals surface area contributed by atoms with E-state index in [4.69, 9.17) is 4.52 Å². The smallest absolute Gasteiger partial charge is 0.282 e. The Labute approximate surface area is 141 Å². The highest BCUT2D eigenvalue weighted by Crippen LogP contribution is 2.26. The second-order valence-electron chi connectivity index (χ2n) is 5.40. The third-order valence-electron chi connectivity index (χ3n) is 3.71. The Kier molecular flexibility index (Phi) is 3.59. The number of aromatic amines is 1. The zero-order valence-corrected chi connectivity index (χ0v) is 13.7. The van der Waals surface area contributed by atoms with E-state index in [9.17, 15) is 4.79 Å². The molecular formula is C18H14N3O2S+. The lowest BCUT2D eigenvalue weighted by Crippen LogP contribution is -2.36. The summed E-state index contributed by atoms with van der Waals surface area (Å²) < 4.78 is 6.61. The number of rotatable bonds is 3. The highest BCUT2D eigenvalue weighted by molar-refractivity contribution is 7.13. The number of aromatic nitrogens is 3. The van der Waals surface area contributed by atoms with E-state index < -0.39 is 5.63 Å². The van der Waals surface area contributed by atoms with E-state index in [1.165, 1.54) is 11.3 Å². The number of thiazole rings is 1. The topological polar surface area (TPSA) is 62.8 Å². The molecule has 4 rings (SSSR count). The van der Waals surface area contributed by atoms with Crippen LogP contribution < -0.4 is 10.3 Å². The van der Waals surface area contributed by atoms with Crippen LogP contribution in [0.15, 0.2) is 69.3 Å². The first-order valence-corrected chi connectivity index (χ1v) is 8.32. The van der Waals surface area contributed by atoms with Crippen molar-refractivity contribution in [3.63, 3.8) is 0 Å². The van der Waals surface area contributed by atoms with E-state index in [1.54, 1.807) is 4.68 Å². The van der Waals surface area contributed by atoms with Gasteiger partial charge in [0.05, 0.1) is 0 Å². The van der Waals surface area contributed by atoms with E-state index in [2.05, 4.69) is 10.3 Å². The summed E-state index contributed by atoms with van der Waals surface area (Å²) in [5.41, 5.74) is 3.52. The van der Waals surface area contributed by atoms with Crippen molar-refractivity contribution >= 4 is 11.3 Å². The predicted octanol–water partition coefficient (Wildman–Crippen LogP) is 3.34. The largest absolute Gasteiger partial charge is 0.437 e. The first-order chi connectivity index (χ1) is 11.7. The summed E-state index contributed by atoms with van der Waals surface area (Å²) in [6, 6.07) is 17.7. The summed E-state index contributed by atoms with van der Waals surface area (Å²) in [4.78, 5) is 16.8. The minimum absolute atomic E-state index is 0.386. The molecule has 24 heavy (non-hydrogen) atoms. The SMILES string of the molecule is Cc1ccc(-[n+]2[nH]oc(=O)c2-c2csc(-c3ccccc3)n2)cc1. The van der Waals surface area contributed by atoms with E-state index in [0.717, 1.165) is 21.8 Å². The van der Waals surface area contributed by atoms with Crippen LogP contribution in [0.5, 0.6) is 0 Å². The van der Waals surface area contributed by atoms with Gasteiger partial charge < -0.3 is 0 Å². The quantitative estimate of drug-likeness (QED) is 0.584. The molecule has 0 aliphatic rings. The molecule has 0 fully saturated rings. The lowest BCUT2D eigenvalue weighted by atomic mass is 10.2. The molecule has 0 aliphatic carbocycles. The van der Waals surface area contributed by atoms with Crippen molar-refractivity contribution < 1.29 is 9.20 Å². The fraction of sp³-hybridized carbons (Fsp3) is 0.0556. The van der Waals surface area contributed by atoms with Gasteiger partial charge >= 0.3 is 11.3 Å². The van der Waals surface area contributed by atoms with Crippen molar-refractivity contribution in [2.75, 3.05) is 0 Å². The van der Waals surface area contributed by atoms with Crippen molar-refractivity contribution in [3.8, 4) is 27.6 Å². The third kappa shape index (κ3) is 2.57. The normalized spacial score (nSPS) is 10.9. The second kappa shape index (κ2) is 5.90. The number of hydrogen-bond acceptors (Lipinski definition) is 4. The van der Waals surface area contributed by atoms with Gasteiger partial charge in [0.1, 0.15) is 5.01 Å². The fourth-order valence-electron chi connectivity index (χ4n) is 2.46. The molecule has 0 bridgehead atoms. The fourth-order valence-corrected chi connectivity index (χ4v) is 3.27. The van der Waals surface area contributed by atoms with Crippen LogP contribution in [0, 0.1) is 6.92 Å². The Bertz CT molecular complexity index is 1030. The standard InChI is InChI=1S/C18H13N3O2S/c1-12-7-9-14(10-8-12)21-16(18(22)23-20-21)15-11-24-17(19-15)13-5-3-2-4-6-13/h2-11H,1H3/p+1. The molecule has 0 unspecified atom stereocenters. The molecule has 0 aliphatic heterocycles. The van der Waals surface area contributed by atoms with Crippen LogP contribution in [0.3, 0.4) is 0 Å². The van der Waals surface area contributed by atoms with Gasteiger partial charge in [-0.2, -0.15) is 0 Å². The highest BCUT2D eigenvalue weighted by atomic mass is 32.1. The summed E-state index contributed by atoms with van der Waals surface area (Å²) in [5, 5.41) is 5.38. The van der Waals surface area contributed by atoms with Crippen molar-refractivity contribution in [2.45, 2.75) is 6.92 Å². The van der Waals surface area contributed by atoms with Gasteiger partial charge in [-0.3, -0.25) is 4.52 Å². The van der Waals surface area contributed by atoms with Crippen molar-refractivity contribution in [1.82, 2.24) is 10.3 Å². The minimum atomic E-state index is -0.444. The molecule has 6 heteroatoms. The van der Waals surface area contributed by atoms with E-state index in [-0.39, 0.29) is 0 Å². The van der Waals surface area contributed by atoms with Gasteiger partial charge in [0.25, 0.3) is 0 Å². The summed E-state index contributed by atoms with van der Waals surface area (Å²) in [5.74, 6) is 0. The monoisotopic (exact) mass is 336 g/mol. The molecule has 2 aromatic carbocycles. The second-order valence-corrected chi connectivity index (χ2v) is 6.26. The summed E-state index contributed by atoms with van der Waals surface area (Å²) >= 11 is 1.50. The van der Waals surface area contributed by atoms with Crippen LogP contribution in [-0.2, 0) is 0 Å². The van der Waals surface area contributed by atoms with Crippen LogP contribution in [0.4, 0.5) is 0 Å². The highest BCUT2D eigenvalue weighted by Gasteiger charge is 2.27. The van der Waals surface area contributed by atoms with Crippen molar-refractivity contribution in [3.05, 3.63) is 76.0 Å². The zero-order valence-electron chi connectivity index (χ0n) is 12.9. The van der Waals surface area contributed by atoms with Crippen LogP contribution in [0.1, 0.15) is 5.56 Å². The van der Waals surface area contributed by atoms with Crippen LogP contribution in [0.25, 0.3) is 27.6 Å². The van der Waals surface area contributed by atoms with Crippen LogP contribution in [-0.4, -0.2) is 10.3 Å². The van der Waals surface area contributed by atoms with Gasteiger partial charge in [0.2, 0.25) is 5.69 Å². The molecule has 0 amide bonds. The molecule has 5 nitrogen and oxygen atoms in total. The summed E-state index contributed by atoms with van der Waals surface area (Å²) in [7, 11) is 0. The maximum Gasteiger partial charge on any atom is 0.437 e. The van der Waals surface area contributed by atoms with Gasteiger partial charge in [-0.05, 0) is 16.9 Å². The molecule has 0 spiro atoms. The van der Waals surface area contributed by atoms with Gasteiger partial charge in [0, 0.05) is 23.1 Å². The number of aryl methyl sites for hydroxylation is 1. The average Bonchev–Trinajstić information content (AvgIpc) is 3.23. The number of nitrogens with zero attached hydrogens (tertiary/aromatic N) is 2. The van der Waals surface area contributed by atoms with Crippen LogP contribution >= 0.6 is 11.3 Å². The lowest BCUT2D eigenvalue weighted by molar-refractivity contribution is -0.660. The number of H-pyrrole nitrogens is 1. The first kappa shape index (κ1) is 14.6. The molecule has 2 heterocycles. The zero-order chi connectivity index (χ0) is 16.5. The van der Waals surface area contributed by atoms with E-state index in [1.807, 2.05) is 66.9 Å². The van der Waals surface area contributed by atoms with Crippen LogP contribution in [0.2, 0.25) is 0 Å². The van der Waals surface area contributed by atoms with Crippen molar-refractivity contribution in [1.29, 1.82) is 0 Å². The minimum Gasteiger partial charge on any atom is -0.282 e. The van der Waals surface area contributed by atoms with Gasteiger partial charge in [-0.1, -0.05) is 48.0 Å². The van der Waals surface area contributed by atoms with Crippen molar-refractivity contribution in [2.24, 2.45) is 0 Å². The van der Waals surface area contributed by atoms with Gasteiger partial charge in [-0.25, -0.2) is 9.78 Å². The maximum absolute atomic E-state index is 12.2. The molecule has 4 aromatic rings. The molecule has 0 radical (unpaired) electrons. The van der Waals surface area contributed by atoms with E-state index in [0.29, 0.717) is 11.4 Å². The number of benzene rings is 2. The number of nitrogens with one attached hydrogen (secondary N) is 1. The molecule has 118 valence electrons. The maximum atomic E-state index is 12.2. The van der Waals surface area contributed by atoms with E-state index >= 15 is 0 Å². The Morgan fingerprint density at radius 1 is 1.08 bits per heavy atom. The third-order valence-corrected chi connectivity index (χ3v) is 4.60. The molecule has 0 atom stereocenters. The molecular weight excluding hydrogens is 322 g/mol. The molecule has 2 aromatic heterocycles. The average molecular weight is 336 g/mol. The Hall–Kier alpha value is -2.99.